The van der Waals surface area contributed by atoms with Gasteiger partial charge < -0.3 is 14.2 Å². The predicted octanol–water partition coefficient (Wildman–Crippen LogP) is 2.97. The van der Waals surface area contributed by atoms with Gasteiger partial charge in [0.05, 0.1) is 18.1 Å². The van der Waals surface area contributed by atoms with Crippen molar-refractivity contribution in [3.05, 3.63) is 0 Å². The fraction of sp³-hybridized carbons (Fsp3) is 0.762. The Labute approximate surface area is 162 Å². The van der Waals surface area contributed by atoms with Crippen LogP contribution >= 0.6 is 0 Å². The maximum Gasteiger partial charge on any atom is 0.255 e. The molecule has 27 heavy (non-hydrogen) atoms. The minimum atomic E-state index is -1.21. The van der Waals surface area contributed by atoms with E-state index in [-0.39, 0.29) is 18.1 Å². The quantitative estimate of drug-likeness (QED) is 0.673. The number of rotatable bonds is 6. The van der Waals surface area contributed by atoms with Gasteiger partial charge in [0.15, 0.2) is 0 Å². The van der Waals surface area contributed by atoms with Crippen molar-refractivity contribution in [2.24, 2.45) is 38.1 Å². The van der Waals surface area contributed by atoms with Gasteiger partial charge in [0.1, 0.15) is 19.8 Å². The Morgan fingerprint density at radius 2 is 1.04 bits per heavy atom. The number of hydrogen-bond donors (Lipinski definition) is 0. The second-order valence-corrected chi connectivity index (χ2v) is 8.56. The minimum absolute atomic E-state index is 0.0542. The summed E-state index contributed by atoms with van der Waals surface area (Å²) in [6, 6.07) is 0.163. The van der Waals surface area contributed by atoms with Gasteiger partial charge in [-0.25, -0.2) is 15.0 Å². The Kier molecular flexibility index (Phi) is 5.50. The Hall–Kier alpha value is -2.03. The fourth-order valence-electron chi connectivity index (χ4n) is 3.27. The SMILES string of the molecule is C#CC(C1=N[C@@H](C(C)C)CO1)(C1=N[C@@H](C(C)C)CO1)C1=N[C@@H](C(C)C)CO1. The van der Waals surface area contributed by atoms with E-state index in [1.807, 2.05) is 0 Å². The molecule has 6 heteroatoms. The van der Waals surface area contributed by atoms with Crippen LogP contribution in [0.5, 0.6) is 0 Å². The highest BCUT2D eigenvalue weighted by molar-refractivity contribution is 6.26. The van der Waals surface area contributed by atoms with E-state index in [0.29, 0.717) is 55.3 Å². The van der Waals surface area contributed by atoms with Gasteiger partial charge in [-0.15, -0.1) is 6.42 Å². The van der Waals surface area contributed by atoms with Crippen molar-refractivity contribution in [2.45, 2.75) is 59.7 Å². The highest BCUT2D eigenvalue weighted by atomic mass is 16.5. The number of terminal acetylenes is 1. The molecular formula is C21H31N3O3. The Balaban J connectivity index is 2.07. The molecule has 148 valence electrons. The summed E-state index contributed by atoms with van der Waals surface area (Å²) in [6.07, 6.45) is 6.08. The summed E-state index contributed by atoms with van der Waals surface area (Å²) in [7, 11) is 0. The van der Waals surface area contributed by atoms with Gasteiger partial charge in [0, 0.05) is 0 Å². The molecule has 0 aromatic carbocycles. The van der Waals surface area contributed by atoms with Crippen molar-refractivity contribution in [1.82, 2.24) is 0 Å². The molecule has 0 radical (unpaired) electrons. The highest BCUT2D eigenvalue weighted by Gasteiger charge is 2.55. The van der Waals surface area contributed by atoms with Crippen LogP contribution in [-0.4, -0.2) is 55.6 Å². The van der Waals surface area contributed by atoms with Crippen LogP contribution in [-0.2, 0) is 14.2 Å². The zero-order valence-electron chi connectivity index (χ0n) is 17.2. The molecule has 0 N–H and O–H groups in total. The lowest BCUT2D eigenvalue weighted by Crippen LogP contribution is -2.46. The highest BCUT2D eigenvalue weighted by Crippen LogP contribution is 2.36. The molecular weight excluding hydrogens is 342 g/mol. The predicted molar refractivity (Wildman–Crippen MR) is 107 cm³/mol. The first-order chi connectivity index (χ1) is 12.8. The van der Waals surface area contributed by atoms with Crippen molar-refractivity contribution in [1.29, 1.82) is 0 Å². The molecule has 3 atom stereocenters. The molecule has 0 saturated carbocycles. The van der Waals surface area contributed by atoms with E-state index in [4.69, 9.17) is 35.6 Å². The van der Waals surface area contributed by atoms with Crippen LogP contribution in [0.15, 0.2) is 15.0 Å². The number of hydrogen-bond acceptors (Lipinski definition) is 6. The van der Waals surface area contributed by atoms with Crippen molar-refractivity contribution < 1.29 is 14.2 Å². The molecule has 0 aliphatic carbocycles. The summed E-state index contributed by atoms with van der Waals surface area (Å²) in [5.41, 5.74) is -1.21. The molecule has 0 unspecified atom stereocenters. The lowest BCUT2D eigenvalue weighted by molar-refractivity contribution is 0.247. The van der Waals surface area contributed by atoms with Gasteiger partial charge in [-0.2, -0.15) is 0 Å². The number of nitrogens with zero attached hydrogens (tertiary/aromatic N) is 3. The monoisotopic (exact) mass is 373 g/mol. The zero-order chi connectivity index (χ0) is 19.8. The topological polar surface area (TPSA) is 64.8 Å². The third-order valence-electron chi connectivity index (χ3n) is 5.51. The van der Waals surface area contributed by atoms with Crippen LogP contribution in [0.2, 0.25) is 0 Å². The van der Waals surface area contributed by atoms with Crippen molar-refractivity contribution in [3.63, 3.8) is 0 Å². The smallest absolute Gasteiger partial charge is 0.255 e. The van der Waals surface area contributed by atoms with Crippen LogP contribution < -0.4 is 0 Å². The Morgan fingerprint density at radius 1 is 0.741 bits per heavy atom. The molecule has 0 aromatic rings. The summed E-state index contributed by atoms with van der Waals surface area (Å²) < 4.78 is 18.0. The molecule has 3 aliphatic heterocycles. The van der Waals surface area contributed by atoms with Crippen molar-refractivity contribution >= 4 is 17.7 Å². The van der Waals surface area contributed by atoms with E-state index in [2.05, 4.69) is 47.5 Å². The summed E-state index contributed by atoms with van der Waals surface area (Å²) in [5.74, 6) is 5.18. The molecule has 3 heterocycles. The molecule has 0 fully saturated rings. The average Bonchev–Trinajstić information content (AvgIpc) is 3.37. The molecule has 0 spiro atoms. The zero-order valence-corrected chi connectivity index (χ0v) is 17.2. The van der Waals surface area contributed by atoms with Gasteiger partial charge in [-0.1, -0.05) is 47.5 Å². The molecule has 0 bridgehead atoms. The maximum absolute atomic E-state index is 6.08. The molecule has 6 nitrogen and oxygen atoms in total. The largest absolute Gasteiger partial charge is 0.477 e. The van der Waals surface area contributed by atoms with Crippen LogP contribution in [0.25, 0.3) is 0 Å². The third-order valence-corrected chi connectivity index (χ3v) is 5.51. The molecule has 3 rings (SSSR count). The van der Waals surface area contributed by atoms with E-state index < -0.39 is 5.41 Å². The summed E-state index contributed by atoms with van der Waals surface area (Å²) in [5, 5.41) is 0. The van der Waals surface area contributed by atoms with Crippen LogP contribution in [0.1, 0.15) is 41.5 Å². The van der Waals surface area contributed by atoms with Crippen LogP contribution in [0, 0.1) is 35.5 Å². The van der Waals surface area contributed by atoms with Gasteiger partial charge in [0.2, 0.25) is 17.7 Å². The van der Waals surface area contributed by atoms with Crippen molar-refractivity contribution in [2.75, 3.05) is 19.8 Å². The standard InChI is InChI=1S/C21H31N3O3/c1-8-21(18-22-15(9-25-18)12(2)3,19-23-16(10-26-19)13(4)5)20-24-17(11-27-20)14(6)7/h1,12-17H,9-11H2,2-7H3/t15-,16-,17-/m1/s1. The van der Waals surface area contributed by atoms with Gasteiger partial charge in [-0.3, -0.25) is 0 Å². The summed E-state index contributed by atoms with van der Waals surface area (Å²) in [4.78, 5) is 14.4. The first-order valence-electron chi connectivity index (χ1n) is 9.90. The Morgan fingerprint density at radius 3 is 1.22 bits per heavy atom. The van der Waals surface area contributed by atoms with Crippen LogP contribution in [0.3, 0.4) is 0 Å². The lowest BCUT2D eigenvalue weighted by Gasteiger charge is -2.25. The first-order valence-corrected chi connectivity index (χ1v) is 9.90. The lowest BCUT2D eigenvalue weighted by atomic mass is 9.87. The second-order valence-electron chi connectivity index (χ2n) is 8.56. The summed E-state index contributed by atoms with van der Waals surface area (Å²) in [6.45, 7) is 14.2. The van der Waals surface area contributed by atoms with E-state index in [1.165, 1.54) is 0 Å². The van der Waals surface area contributed by atoms with E-state index in [1.54, 1.807) is 0 Å². The molecule has 0 aromatic heterocycles. The first kappa shape index (κ1) is 19.7. The van der Waals surface area contributed by atoms with Crippen LogP contribution in [0.4, 0.5) is 0 Å². The van der Waals surface area contributed by atoms with E-state index >= 15 is 0 Å². The molecule has 0 saturated heterocycles. The molecule has 0 amide bonds. The minimum Gasteiger partial charge on any atom is -0.477 e. The number of ether oxygens (including phenoxy) is 3. The fourth-order valence-corrected chi connectivity index (χ4v) is 3.27. The molecule has 3 aliphatic rings. The number of aliphatic imine (C=N–C) groups is 3. The normalized spacial score (nSPS) is 27.9. The van der Waals surface area contributed by atoms with E-state index in [0.717, 1.165) is 0 Å². The van der Waals surface area contributed by atoms with Gasteiger partial charge >= 0.3 is 0 Å². The van der Waals surface area contributed by atoms with Gasteiger partial charge in [-0.05, 0) is 17.8 Å². The second kappa shape index (κ2) is 7.53. The Bertz CT molecular complexity index is 616. The van der Waals surface area contributed by atoms with Gasteiger partial charge in [0.25, 0.3) is 5.41 Å². The van der Waals surface area contributed by atoms with Crippen molar-refractivity contribution in [3.8, 4) is 12.3 Å². The average molecular weight is 373 g/mol. The van der Waals surface area contributed by atoms with E-state index in [9.17, 15) is 0 Å². The third kappa shape index (κ3) is 3.44. The maximum atomic E-state index is 6.08. The summed E-state index contributed by atoms with van der Waals surface area (Å²) >= 11 is 0.